The van der Waals surface area contributed by atoms with E-state index in [9.17, 15) is 4.79 Å². The molecular formula is C21H25ClN3O2S+. The molecular weight excluding hydrogens is 394 g/mol. The van der Waals surface area contributed by atoms with Gasteiger partial charge < -0.3 is 9.64 Å². The second-order valence-electron chi connectivity index (χ2n) is 6.44. The van der Waals surface area contributed by atoms with Crippen LogP contribution in [0.25, 0.3) is 10.2 Å². The topological polar surface area (TPSA) is 46.9 Å². The number of para-hydroxylation sites is 2. The van der Waals surface area contributed by atoms with Crippen molar-refractivity contribution in [1.82, 2.24) is 4.98 Å². The lowest BCUT2D eigenvalue weighted by atomic mass is 10.3. The molecule has 1 amide bonds. The number of benzene rings is 2. The molecule has 0 aliphatic heterocycles. The fraction of sp³-hybridized carbons (Fsp3) is 0.333. The van der Waals surface area contributed by atoms with Crippen LogP contribution in [0.3, 0.4) is 0 Å². The Morgan fingerprint density at radius 1 is 1.14 bits per heavy atom. The van der Waals surface area contributed by atoms with Crippen LogP contribution in [-0.2, 0) is 4.79 Å². The zero-order chi connectivity index (χ0) is 19.9. The largest absolute Gasteiger partial charge is 0.484 e. The van der Waals surface area contributed by atoms with Crippen LogP contribution >= 0.6 is 22.9 Å². The lowest BCUT2D eigenvalue weighted by Crippen LogP contribution is -3.12. The second kappa shape index (κ2) is 9.87. The van der Waals surface area contributed by atoms with Crippen molar-refractivity contribution in [2.24, 2.45) is 0 Å². The predicted octanol–water partition coefficient (Wildman–Crippen LogP) is 3.29. The molecule has 0 saturated heterocycles. The number of carbonyl (C=O) groups excluding carboxylic acids is 1. The molecule has 0 aliphatic rings. The van der Waals surface area contributed by atoms with E-state index in [4.69, 9.17) is 16.3 Å². The first-order valence-electron chi connectivity index (χ1n) is 9.49. The third-order valence-electron chi connectivity index (χ3n) is 4.68. The molecule has 0 atom stereocenters. The summed E-state index contributed by atoms with van der Waals surface area (Å²) in [6, 6.07) is 15.1. The van der Waals surface area contributed by atoms with Gasteiger partial charge in [0.25, 0.3) is 5.91 Å². The van der Waals surface area contributed by atoms with Crippen LogP contribution in [0.5, 0.6) is 5.75 Å². The Morgan fingerprint density at radius 3 is 2.57 bits per heavy atom. The van der Waals surface area contributed by atoms with Crippen molar-refractivity contribution in [2.75, 3.05) is 37.7 Å². The minimum Gasteiger partial charge on any atom is -0.484 e. The van der Waals surface area contributed by atoms with E-state index in [2.05, 4.69) is 18.8 Å². The number of quaternary nitrogens is 1. The van der Waals surface area contributed by atoms with Crippen molar-refractivity contribution >= 4 is 44.2 Å². The SMILES string of the molecule is CC[NH+](CC)CCN(C(=O)COc1ccccc1)c1nc2c(Cl)cccc2s1. The van der Waals surface area contributed by atoms with Crippen molar-refractivity contribution in [3.8, 4) is 5.75 Å². The molecule has 3 aromatic rings. The molecule has 148 valence electrons. The Balaban J connectivity index is 1.80. The van der Waals surface area contributed by atoms with E-state index >= 15 is 0 Å². The van der Waals surface area contributed by atoms with Gasteiger partial charge in [0.1, 0.15) is 11.3 Å². The molecule has 1 aromatic heterocycles. The van der Waals surface area contributed by atoms with Crippen LogP contribution < -0.4 is 14.5 Å². The molecule has 0 aliphatic carbocycles. The van der Waals surface area contributed by atoms with Gasteiger partial charge in [-0.15, -0.1) is 0 Å². The van der Waals surface area contributed by atoms with Gasteiger partial charge in [0.2, 0.25) is 0 Å². The minimum atomic E-state index is -0.106. The minimum absolute atomic E-state index is 0.0265. The number of carbonyl (C=O) groups is 1. The molecule has 2 aromatic carbocycles. The summed E-state index contributed by atoms with van der Waals surface area (Å²) in [5.41, 5.74) is 0.737. The number of anilines is 1. The van der Waals surface area contributed by atoms with Crippen LogP contribution in [0, 0.1) is 0 Å². The van der Waals surface area contributed by atoms with Gasteiger partial charge in [0, 0.05) is 0 Å². The first-order chi connectivity index (χ1) is 13.6. The molecule has 0 bridgehead atoms. The lowest BCUT2D eigenvalue weighted by Gasteiger charge is -2.23. The second-order valence-corrected chi connectivity index (χ2v) is 7.85. The molecule has 3 rings (SSSR count). The Hall–Kier alpha value is -2.15. The van der Waals surface area contributed by atoms with Crippen molar-refractivity contribution in [2.45, 2.75) is 13.8 Å². The summed E-state index contributed by atoms with van der Waals surface area (Å²) in [4.78, 5) is 20.8. The molecule has 5 nitrogen and oxygen atoms in total. The van der Waals surface area contributed by atoms with Gasteiger partial charge in [-0.05, 0) is 38.1 Å². The van der Waals surface area contributed by atoms with Gasteiger partial charge in [0.15, 0.2) is 11.7 Å². The van der Waals surface area contributed by atoms with Crippen molar-refractivity contribution < 1.29 is 14.4 Å². The Labute approximate surface area is 174 Å². The van der Waals surface area contributed by atoms with Gasteiger partial charge in [0.05, 0.1) is 35.9 Å². The van der Waals surface area contributed by atoms with E-state index in [1.54, 1.807) is 4.90 Å². The summed E-state index contributed by atoms with van der Waals surface area (Å²) in [6.07, 6.45) is 0. The van der Waals surface area contributed by atoms with E-state index < -0.39 is 0 Å². The highest BCUT2D eigenvalue weighted by Gasteiger charge is 2.22. The maximum Gasteiger partial charge on any atom is 0.266 e. The van der Waals surface area contributed by atoms with Gasteiger partial charge in [-0.3, -0.25) is 9.69 Å². The first kappa shape index (κ1) is 20.6. The third-order valence-corrected chi connectivity index (χ3v) is 6.03. The summed E-state index contributed by atoms with van der Waals surface area (Å²) in [5.74, 6) is 0.572. The third kappa shape index (κ3) is 5.01. The molecule has 1 N–H and O–H groups in total. The summed E-state index contributed by atoms with van der Waals surface area (Å²) in [5, 5.41) is 1.26. The molecule has 0 unspecified atom stereocenters. The molecule has 0 saturated carbocycles. The van der Waals surface area contributed by atoms with Crippen molar-refractivity contribution in [3.63, 3.8) is 0 Å². The monoisotopic (exact) mass is 418 g/mol. The Morgan fingerprint density at radius 2 is 1.89 bits per heavy atom. The number of likely N-dealkylation sites (N-methyl/N-ethyl adjacent to an activating group) is 1. The number of aromatic nitrogens is 1. The van der Waals surface area contributed by atoms with E-state index in [0.717, 1.165) is 29.9 Å². The summed E-state index contributed by atoms with van der Waals surface area (Å²) in [6.45, 7) is 7.76. The number of nitrogens with one attached hydrogen (secondary N) is 1. The molecule has 0 radical (unpaired) electrons. The number of thiazole rings is 1. The van der Waals surface area contributed by atoms with Crippen molar-refractivity contribution in [3.05, 3.63) is 53.6 Å². The predicted molar refractivity (Wildman–Crippen MR) is 116 cm³/mol. The highest BCUT2D eigenvalue weighted by Crippen LogP contribution is 2.32. The molecule has 7 heteroatoms. The zero-order valence-electron chi connectivity index (χ0n) is 16.2. The average molecular weight is 419 g/mol. The van der Waals surface area contributed by atoms with Crippen LogP contribution in [0.1, 0.15) is 13.8 Å². The van der Waals surface area contributed by atoms with Crippen molar-refractivity contribution in [1.29, 1.82) is 0 Å². The number of hydrogen-bond acceptors (Lipinski definition) is 4. The highest BCUT2D eigenvalue weighted by atomic mass is 35.5. The summed E-state index contributed by atoms with van der Waals surface area (Å²) in [7, 11) is 0. The lowest BCUT2D eigenvalue weighted by molar-refractivity contribution is -0.894. The van der Waals surface area contributed by atoms with Crippen LogP contribution in [0.2, 0.25) is 5.02 Å². The van der Waals surface area contributed by atoms with E-state index in [0.29, 0.717) is 22.4 Å². The fourth-order valence-electron chi connectivity index (χ4n) is 2.96. The maximum absolute atomic E-state index is 13.0. The smallest absolute Gasteiger partial charge is 0.266 e. The van der Waals surface area contributed by atoms with Gasteiger partial charge >= 0.3 is 0 Å². The zero-order valence-corrected chi connectivity index (χ0v) is 17.7. The first-order valence-corrected chi connectivity index (χ1v) is 10.7. The standard InChI is InChI=1S/C21H24ClN3O2S/c1-3-24(4-2)13-14-25(19(26)15-27-16-9-6-5-7-10-16)21-23-20-17(22)11-8-12-18(20)28-21/h5-12H,3-4,13-15H2,1-2H3/p+1. The maximum atomic E-state index is 13.0. The van der Waals surface area contributed by atoms with E-state index in [-0.39, 0.29) is 12.5 Å². The van der Waals surface area contributed by atoms with E-state index in [1.807, 2.05) is 48.5 Å². The number of amides is 1. The summed E-state index contributed by atoms with van der Waals surface area (Å²) < 4.78 is 6.65. The van der Waals surface area contributed by atoms with Gasteiger partial charge in [-0.2, -0.15) is 0 Å². The Kier molecular flexibility index (Phi) is 7.25. The fourth-order valence-corrected chi connectivity index (χ4v) is 4.27. The number of halogens is 1. The molecule has 1 heterocycles. The van der Waals surface area contributed by atoms with Crippen LogP contribution in [0.15, 0.2) is 48.5 Å². The average Bonchev–Trinajstić information content (AvgIpc) is 3.15. The number of nitrogens with zero attached hydrogens (tertiary/aromatic N) is 2. The van der Waals surface area contributed by atoms with Gasteiger partial charge in [-0.25, -0.2) is 4.98 Å². The van der Waals surface area contributed by atoms with Gasteiger partial charge in [-0.1, -0.05) is 47.2 Å². The van der Waals surface area contributed by atoms with Crippen LogP contribution in [-0.4, -0.2) is 43.7 Å². The molecule has 0 fully saturated rings. The highest BCUT2D eigenvalue weighted by molar-refractivity contribution is 7.22. The number of rotatable bonds is 9. The normalized spacial score (nSPS) is 11.1. The summed E-state index contributed by atoms with van der Waals surface area (Å²) >= 11 is 7.76. The molecule has 0 spiro atoms. The quantitative estimate of drug-likeness (QED) is 0.580. The number of ether oxygens (including phenoxy) is 1. The number of hydrogen-bond donors (Lipinski definition) is 1. The van der Waals surface area contributed by atoms with E-state index in [1.165, 1.54) is 16.2 Å². The Bertz CT molecular complexity index is 912. The number of fused-ring (bicyclic) bond motifs is 1. The molecule has 28 heavy (non-hydrogen) atoms. The van der Waals surface area contributed by atoms with Crippen LogP contribution in [0.4, 0.5) is 5.13 Å².